The summed E-state index contributed by atoms with van der Waals surface area (Å²) in [6.07, 6.45) is 2.19. The molecule has 1 aromatic carbocycles. The smallest absolute Gasteiger partial charge is 0.341 e. The number of nitrogens with one attached hydrogen (secondary N) is 1. The molecule has 1 aliphatic carbocycles. The van der Waals surface area contributed by atoms with Crippen molar-refractivity contribution < 1.29 is 23.5 Å². The molecular formula is C26H30ClFN4O4S2. The predicted molar refractivity (Wildman–Crippen MR) is 147 cm³/mol. The summed E-state index contributed by atoms with van der Waals surface area (Å²) in [5, 5.41) is 12.7. The molecule has 38 heavy (non-hydrogen) atoms. The molecule has 0 aliphatic heterocycles. The van der Waals surface area contributed by atoms with Crippen LogP contribution in [-0.4, -0.2) is 39.0 Å². The number of fused-ring (bicyclic) bond motifs is 1. The number of carbonyl (C=O) groups excluding carboxylic acids is 2. The summed E-state index contributed by atoms with van der Waals surface area (Å²) in [6.45, 7) is 8.53. The zero-order valence-corrected chi connectivity index (χ0v) is 24.1. The molecule has 8 nitrogen and oxygen atoms in total. The molecule has 12 heteroatoms. The van der Waals surface area contributed by atoms with Crippen LogP contribution in [0.4, 0.5) is 9.39 Å². The Hall–Kier alpha value is -2.63. The largest absolute Gasteiger partial charge is 0.481 e. The Bertz CT molecular complexity index is 1330. The Morgan fingerprint density at radius 2 is 2.13 bits per heavy atom. The molecule has 2 unspecified atom stereocenters. The van der Waals surface area contributed by atoms with Crippen molar-refractivity contribution in [3.8, 4) is 5.75 Å². The molecule has 2 heterocycles. The Morgan fingerprint density at radius 1 is 1.34 bits per heavy atom. The van der Waals surface area contributed by atoms with Crippen LogP contribution < -0.4 is 10.1 Å². The van der Waals surface area contributed by atoms with Gasteiger partial charge in [0.1, 0.15) is 16.6 Å². The highest BCUT2D eigenvalue weighted by molar-refractivity contribution is 7.99. The zero-order valence-electron chi connectivity index (χ0n) is 21.7. The number of nitrogens with zero attached hydrogens (tertiary/aromatic N) is 3. The minimum atomic E-state index is -0.513. The second kappa shape index (κ2) is 12.5. The molecule has 2 aromatic heterocycles. The van der Waals surface area contributed by atoms with E-state index < -0.39 is 17.9 Å². The number of amides is 1. The molecule has 1 aliphatic rings. The van der Waals surface area contributed by atoms with Crippen molar-refractivity contribution in [1.82, 2.24) is 14.8 Å². The first kappa shape index (κ1) is 28.4. The van der Waals surface area contributed by atoms with Crippen molar-refractivity contribution in [1.29, 1.82) is 0 Å². The van der Waals surface area contributed by atoms with Gasteiger partial charge < -0.3 is 19.4 Å². The van der Waals surface area contributed by atoms with Gasteiger partial charge in [-0.1, -0.05) is 30.3 Å². The molecule has 0 radical (unpaired) electrons. The van der Waals surface area contributed by atoms with Gasteiger partial charge in [0.2, 0.25) is 5.91 Å². The van der Waals surface area contributed by atoms with Gasteiger partial charge >= 0.3 is 5.97 Å². The molecule has 4 rings (SSSR count). The number of ether oxygens (including phenoxy) is 2. The summed E-state index contributed by atoms with van der Waals surface area (Å²) in [5.41, 5.74) is 1.49. The maximum Gasteiger partial charge on any atom is 0.341 e. The Balaban J connectivity index is 1.45. The number of thiophene rings is 1. The Morgan fingerprint density at radius 3 is 2.84 bits per heavy atom. The monoisotopic (exact) mass is 580 g/mol. The van der Waals surface area contributed by atoms with Crippen LogP contribution in [0.1, 0.15) is 66.8 Å². The number of hydrogen-bond donors (Lipinski definition) is 1. The average molecular weight is 581 g/mol. The minimum Gasteiger partial charge on any atom is -0.481 e. The molecule has 0 fully saturated rings. The van der Waals surface area contributed by atoms with Gasteiger partial charge in [-0.15, -0.1) is 21.5 Å². The summed E-state index contributed by atoms with van der Waals surface area (Å²) in [4.78, 5) is 26.8. The van der Waals surface area contributed by atoms with E-state index in [-0.39, 0.29) is 23.3 Å². The normalized spacial score (nSPS) is 15.6. The summed E-state index contributed by atoms with van der Waals surface area (Å²) >= 11 is 8.80. The summed E-state index contributed by atoms with van der Waals surface area (Å²) in [5.74, 6) is 0.421. The molecule has 0 bridgehead atoms. The third-order valence-electron chi connectivity index (χ3n) is 6.20. The molecule has 0 saturated heterocycles. The molecule has 0 spiro atoms. The van der Waals surface area contributed by atoms with E-state index in [2.05, 4.69) is 22.4 Å². The Labute approximate surface area is 234 Å². The van der Waals surface area contributed by atoms with Gasteiger partial charge in [-0.2, -0.15) is 0 Å². The number of carbonyl (C=O) groups is 2. The van der Waals surface area contributed by atoms with Crippen LogP contribution in [-0.2, 0) is 28.9 Å². The first-order valence-corrected chi connectivity index (χ1v) is 14.7. The van der Waals surface area contributed by atoms with Crippen LogP contribution in [0.5, 0.6) is 5.75 Å². The Kier molecular flexibility index (Phi) is 9.32. The molecule has 3 aromatic rings. The zero-order chi connectivity index (χ0) is 27.4. The van der Waals surface area contributed by atoms with Crippen LogP contribution in [0.25, 0.3) is 0 Å². The highest BCUT2D eigenvalue weighted by Crippen LogP contribution is 2.40. The number of esters is 1. The van der Waals surface area contributed by atoms with E-state index in [0.29, 0.717) is 39.8 Å². The predicted octanol–water partition coefficient (Wildman–Crippen LogP) is 6.32. The third kappa shape index (κ3) is 6.32. The van der Waals surface area contributed by atoms with Gasteiger partial charge in [0, 0.05) is 11.4 Å². The second-order valence-electron chi connectivity index (χ2n) is 9.03. The van der Waals surface area contributed by atoms with Crippen LogP contribution in [0, 0.1) is 11.7 Å². The van der Waals surface area contributed by atoms with Crippen molar-refractivity contribution in [2.75, 3.05) is 17.7 Å². The number of rotatable bonds is 10. The van der Waals surface area contributed by atoms with E-state index in [9.17, 15) is 14.0 Å². The summed E-state index contributed by atoms with van der Waals surface area (Å²) in [7, 11) is 0. The van der Waals surface area contributed by atoms with Crippen molar-refractivity contribution in [3.63, 3.8) is 0 Å². The summed E-state index contributed by atoms with van der Waals surface area (Å²) in [6, 6.07) is 3.93. The quantitative estimate of drug-likeness (QED) is 0.221. The number of benzene rings is 1. The lowest BCUT2D eigenvalue weighted by Crippen LogP contribution is -2.18. The number of thioether (sulfide) groups is 1. The van der Waals surface area contributed by atoms with E-state index in [1.807, 2.05) is 11.5 Å². The summed E-state index contributed by atoms with van der Waals surface area (Å²) < 4.78 is 26.4. The van der Waals surface area contributed by atoms with E-state index in [1.165, 1.54) is 41.3 Å². The molecular weight excluding hydrogens is 551 g/mol. The number of anilines is 1. The minimum absolute atomic E-state index is 0.0817. The van der Waals surface area contributed by atoms with E-state index in [1.54, 1.807) is 13.8 Å². The highest BCUT2D eigenvalue weighted by atomic mass is 35.5. The molecule has 204 valence electrons. The van der Waals surface area contributed by atoms with E-state index in [4.69, 9.17) is 21.1 Å². The SMILES string of the molecule is CCOC(=O)c1c(NC(=O)CSc2nnc(C(C)Oc3ccc(F)cc3Cl)n2CC)sc2c1CCC(C)C2. The fourth-order valence-electron chi connectivity index (χ4n) is 4.37. The van der Waals surface area contributed by atoms with Gasteiger partial charge in [0.25, 0.3) is 0 Å². The van der Waals surface area contributed by atoms with Gasteiger partial charge in [-0.05, 0) is 69.7 Å². The lowest BCUT2D eigenvalue weighted by atomic mass is 9.88. The van der Waals surface area contributed by atoms with Crippen LogP contribution in [0.2, 0.25) is 5.02 Å². The fraction of sp³-hybridized carbons (Fsp3) is 0.462. The van der Waals surface area contributed by atoms with Crippen molar-refractivity contribution >= 4 is 51.6 Å². The van der Waals surface area contributed by atoms with Gasteiger partial charge in [0.05, 0.1) is 22.9 Å². The van der Waals surface area contributed by atoms with Gasteiger partial charge in [-0.3, -0.25) is 4.79 Å². The highest BCUT2D eigenvalue weighted by Gasteiger charge is 2.29. The lowest BCUT2D eigenvalue weighted by molar-refractivity contribution is -0.113. The standard InChI is InChI=1S/C26H30ClFN4O4S2/c1-5-32-23(15(4)36-19-10-8-16(28)12-18(19)27)30-31-26(32)37-13-21(33)29-24-22(25(34)35-6-2)17-9-7-14(3)11-20(17)38-24/h8,10,12,14-15H,5-7,9,11,13H2,1-4H3,(H,29,33). The first-order valence-electron chi connectivity index (χ1n) is 12.5. The maximum absolute atomic E-state index is 13.4. The molecule has 2 atom stereocenters. The van der Waals surface area contributed by atoms with Crippen LogP contribution >= 0.6 is 34.7 Å². The van der Waals surface area contributed by atoms with Crippen LogP contribution in [0.15, 0.2) is 23.4 Å². The molecule has 1 amide bonds. The number of aromatic nitrogens is 3. The van der Waals surface area contributed by atoms with Crippen molar-refractivity contribution in [3.05, 3.63) is 50.9 Å². The lowest BCUT2D eigenvalue weighted by Gasteiger charge is -2.18. The second-order valence-corrected chi connectivity index (χ2v) is 11.5. The topological polar surface area (TPSA) is 95.3 Å². The van der Waals surface area contributed by atoms with Crippen molar-refractivity contribution in [2.24, 2.45) is 5.92 Å². The van der Waals surface area contributed by atoms with Gasteiger partial charge in [0.15, 0.2) is 17.1 Å². The average Bonchev–Trinajstić information content (AvgIpc) is 3.44. The van der Waals surface area contributed by atoms with Crippen LogP contribution in [0.3, 0.4) is 0 Å². The molecule has 0 saturated carbocycles. The van der Waals surface area contributed by atoms with Crippen molar-refractivity contribution in [2.45, 2.75) is 64.8 Å². The fourth-order valence-corrected chi connectivity index (χ4v) is 6.81. The number of halogens is 2. The van der Waals surface area contributed by atoms with E-state index >= 15 is 0 Å². The van der Waals surface area contributed by atoms with Gasteiger partial charge in [-0.25, -0.2) is 9.18 Å². The number of hydrogen-bond acceptors (Lipinski definition) is 8. The maximum atomic E-state index is 13.4. The first-order chi connectivity index (χ1) is 18.2. The van der Waals surface area contributed by atoms with E-state index in [0.717, 1.165) is 29.7 Å². The molecule has 1 N–H and O–H groups in total. The third-order valence-corrected chi connectivity index (χ3v) is 8.63.